The van der Waals surface area contributed by atoms with E-state index in [4.69, 9.17) is 21.1 Å². The van der Waals surface area contributed by atoms with E-state index in [2.05, 4.69) is 20.5 Å². The summed E-state index contributed by atoms with van der Waals surface area (Å²) >= 11 is 6.21. The van der Waals surface area contributed by atoms with Crippen molar-refractivity contribution in [2.45, 2.75) is 12.6 Å². The van der Waals surface area contributed by atoms with E-state index in [1.165, 1.54) is 29.6 Å². The van der Waals surface area contributed by atoms with Gasteiger partial charge >= 0.3 is 0 Å². The number of carbonyl (C=O) groups is 1. The van der Waals surface area contributed by atoms with Crippen molar-refractivity contribution in [1.82, 2.24) is 24.4 Å². The Labute approximate surface area is 188 Å². The lowest BCUT2D eigenvalue weighted by atomic mass is 10.1. The number of rotatable bonds is 8. The molecule has 2 N–H and O–H groups in total. The summed E-state index contributed by atoms with van der Waals surface area (Å²) in [6, 6.07) is 6.84. The normalized spacial score (nSPS) is 12.1. The number of aliphatic hydroxyl groups is 1. The van der Waals surface area contributed by atoms with Crippen molar-refractivity contribution in [2.24, 2.45) is 0 Å². The molecule has 3 aromatic heterocycles. The molecule has 0 radical (unpaired) electrons. The van der Waals surface area contributed by atoms with Crippen LogP contribution in [0.1, 0.15) is 10.4 Å². The van der Waals surface area contributed by atoms with Crippen molar-refractivity contribution in [1.29, 1.82) is 0 Å². The van der Waals surface area contributed by atoms with Crippen LogP contribution in [-0.4, -0.2) is 62.3 Å². The minimum absolute atomic E-state index is 0.144. The number of hydrogen-bond donors (Lipinski definition) is 2. The third-order valence-electron chi connectivity index (χ3n) is 4.71. The molecule has 0 aliphatic rings. The summed E-state index contributed by atoms with van der Waals surface area (Å²) in [4.78, 5) is 17.3. The Balaban J connectivity index is 1.73. The van der Waals surface area contributed by atoms with Crippen LogP contribution in [0.4, 0.5) is 5.69 Å². The van der Waals surface area contributed by atoms with Crippen molar-refractivity contribution in [3.05, 3.63) is 59.6 Å². The lowest BCUT2D eigenvalue weighted by molar-refractivity contribution is 0.0514. The maximum absolute atomic E-state index is 13.1. The van der Waals surface area contributed by atoms with Gasteiger partial charge in [0.2, 0.25) is 0 Å². The highest BCUT2D eigenvalue weighted by atomic mass is 35.5. The van der Waals surface area contributed by atoms with E-state index in [1.54, 1.807) is 42.9 Å². The number of nitrogens with one attached hydrogen (secondary N) is 1. The molecule has 0 saturated heterocycles. The van der Waals surface area contributed by atoms with E-state index >= 15 is 0 Å². The molecule has 32 heavy (non-hydrogen) atoms. The van der Waals surface area contributed by atoms with Gasteiger partial charge in [-0.2, -0.15) is 10.2 Å². The monoisotopic (exact) mass is 456 g/mol. The zero-order valence-corrected chi connectivity index (χ0v) is 18.2. The van der Waals surface area contributed by atoms with Gasteiger partial charge in [-0.05, 0) is 24.3 Å². The van der Waals surface area contributed by atoms with Crippen LogP contribution in [0.5, 0.6) is 5.75 Å². The Kier molecular flexibility index (Phi) is 6.35. The van der Waals surface area contributed by atoms with Gasteiger partial charge in [-0.25, -0.2) is 9.50 Å². The SMILES string of the molecule is COC[C@H](O)Cn1cc(NC(=O)c2cnn3cccnc23)c(-c2cc(Cl)ccc2OC)n1. The number of nitrogens with zero attached hydrogens (tertiary/aromatic N) is 5. The summed E-state index contributed by atoms with van der Waals surface area (Å²) < 4.78 is 13.5. The van der Waals surface area contributed by atoms with E-state index in [0.717, 1.165) is 0 Å². The highest BCUT2D eigenvalue weighted by molar-refractivity contribution is 6.31. The maximum Gasteiger partial charge on any atom is 0.261 e. The fraction of sp³-hybridized carbons (Fsp3) is 0.238. The molecule has 10 nitrogen and oxygen atoms in total. The van der Waals surface area contributed by atoms with Crippen LogP contribution in [-0.2, 0) is 11.3 Å². The number of benzene rings is 1. The van der Waals surface area contributed by atoms with Crippen LogP contribution in [0.15, 0.2) is 49.1 Å². The first-order chi connectivity index (χ1) is 15.5. The van der Waals surface area contributed by atoms with Crippen molar-refractivity contribution < 1.29 is 19.4 Å². The molecule has 4 aromatic rings. The Morgan fingerprint density at radius 2 is 2.19 bits per heavy atom. The van der Waals surface area contributed by atoms with E-state index in [0.29, 0.717) is 38.9 Å². The number of ether oxygens (including phenoxy) is 2. The zero-order valence-electron chi connectivity index (χ0n) is 17.4. The molecule has 0 bridgehead atoms. The highest BCUT2D eigenvalue weighted by Crippen LogP contribution is 2.36. The molecule has 0 unspecified atom stereocenters. The summed E-state index contributed by atoms with van der Waals surface area (Å²) in [7, 11) is 3.04. The number of amides is 1. The smallest absolute Gasteiger partial charge is 0.261 e. The van der Waals surface area contributed by atoms with Crippen molar-refractivity contribution in [3.8, 4) is 17.0 Å². The third-order valence-corrected chi connectivity index (χ3v) is 4.94. The fourth-order valence-electron chi connectivity index (χ4n) is 3.31. The highest BCUT2D eigenvalue weighted by Gasteiger charge is 2.21. The fourth-order valence-corrected chi connectivity index (χ4v) is 3.48. The number of aliphatic hydroxyl groups excluding tert-OH is 1. The minimum Gasteiger partial charge on any atom is -0.496 e. The molecular weight excluding hydrogens is 436 g/mol. The zero-order chi connectivity index (χ0) is 22.7. The standard InChI is InChI=1S/C21H21ClN6O4/c1-31-12-14(29)10-27-11-17(19(26-27)15-8-13(22)4-5-18(15)32-2)25-21(30)16-9-24-28-7-3-6-23-20(16)28/h3-9,11,14,29H,10,12H2,1-2H3,(H,25,30)/t14-/m1/s1. The topological polar surface area (TPSA) is 116 Å². The molecule has 0 aliphatic carbocycles. The summed E-state index contributed by atoms with van der Waals surface area (Å²) in [6.07, 6.45) is 5.60. The number of halogens is 1. The van der Waals surface area contributed by atoms with Crippen LogP contribution >= 0.6 is 11.6 Å². The van der Waals surface area contributed by atoms with Gasteiger partial charge < -0.3 is 19.9 Å². The van der Waals surface area contributed by atoms with Crippen LogP contribution in [0, 0.1) is 0 Å². The lowest BCUT2D eigenvalue weighted by Crippen LogP contribution is -2.21. The molecule has 1 aromatic carbocycles. The van der Waals surface area contributed by atoms with Crippen LogP contribution in [0.2, 0.25) is 5.02 Å². The van der Waals surface area contributed by atoms with Crippen molar-refractivity contribution >= 4 is 28.8 Å². The number of aromatic nitrogens is 5. The molecule has 0 aliphatic heterocycles. The van der Waals surface area contributed by atoms with Gasteiger partial charge in [0, 0.05) is 36.3 Å². The predicted molar refractivity (Wildman–Crippen MR) is 118 cm³/mol. The number of anilines is 1. The van der Waals surface area contributed by atoms with Crippen LogP contribution < -0.4 is 10.1 Å². The Hall–Kier alpha value is -3.47. The molecular formula is C21H21ClN6O4. The first-order valence-corrected chi connectivity index (χ1v) is 10.1. The molecule has 0 spiro atoms. The lowest BCUT2D eigenvalue weighted by Gasteiger charge is -2.10. The van der Waals surface area contributed by atoms with E-state index in [-0.39, 0.29) is 13.2 Å². The Bertz CT molecular complexity index is 1250. The third kappa shape index (κ3) is 4.42. The molecule has 0 saturated carbocycles. The number of carbonyl (C=O) groups excluding carboxylic acids is 1. The summed E-state index contributed by atoms with van der Waals surface area (Å²) in [5.41, 5.74) is 2.17. The number of methoxy groups -OCH3 is 2. The second kappa shape index (κ2) is 9.35. The van der Waals surface area contributed by atoms with Gasteiger partial charge in [0.05, 0.1) is 38.2 Å². The molecule has 4 rings (SSSR count). The second-order valence-corrected chi connectivity index (χ2v) is 7.40. The molecule has 3 heterocycles. The Morgan fingerprint density at radius 3 is 2.97 bits per heavy atom. The van der Waals surface area contributed by atoms with Crippen LogP contribution in [0.25, 0.3) is 16.9 Å². The van der Waals surface area contributed by atoms with Gasteiger partial charge in [0.25, 0.3) is 5.91 Å². The number of hydrogen-bond acceptors (Lipinski definition) is 7. The second-order valence-electron chi connectivity index (χ2n) is 6.97. The van der Waals surface area contributed by atoms with Crippen LogP contribution in [0.3, 0.4) is 0 Å². The summed E-state index contributed by atoms with van der Waals surface area (Å²) in [5.74, 6) is 0.128. The van der Waals surface area contributed by atoms with E-state index in [9.17, 15) is 9.90 Å². The average Bonchev–Trinajstić information content (AvgIpc) is 3.38. The molecule has 0 fully saturated rings. The van der Waals surface area contributed by atoms with Gasteiger partial charge in [-0.15, -0.1) is 0 Å². The van der Waals surface area contributed by atoms with Crippen molar-refractivity contribution in [2.75, 3.05) is 26.1 Å². The summed E-state index contributed by atoms with van der Waals surface area (Å²) in [5, 5.41) is 22.2. The predicted octanol–water partition coefficient (Wildman–Crippen LogP) is 2.51. The van der Waals surface area contributed by atoms with Gasteiger partial charge in [0.1, 0.15) is 17.0 Å². The molecule has 1 atom stereocenters. The van der Waals surface area contributed by atoms with Crippen molar-refractivity contribution in [3.63, 3.8) is 0 Å². The Morgan fingerprint density at radius 1 is 1.34 bits per heavy atom. The minimum atomic E-state index is -0.777. The summed E-state index contributed by atoms with van der Waals surface area (Å²) in [6.45, 7) is 0.309. The quantitative estimate of drug-likeness (QED) is 0.418. The first-order valence-electron chi connectivity index (χ1n) is 9.68. The molecule has 166 valence electrons. The van der Waals surface area contributed by atoms with E-state index < -0.39 is 12.0 Å². The largest absolute Gasteiger partial charge is 0.496 e. The molecule has 11 heteroatoms. The van der Waals surface area contributed by atoms with Gasteiger partial charge in [0.15, 0.2) is 5.65 Å². The molecule has 1 amide bonds. The average molecular weight is 457 g/mol. The van der Waals surface area contributed by atoms with Gasteiger partial charge in [-0.1, -0.05) is 11.6 Å². The number of fused-ring (bicyclic) bond motifs is 1. The maximum atomic E-state index is 13.1. The van der Waals surface area contributed by atoms with Gasteiger partial charge in [-0.3, -0.25) is 9.48 Å². The first kappa shape index (κ1) is 21.8. The van der Waals surface area contributed by atoms with E-state index in [1.807, 2.05) is 0 Å².